The Morgan fingerprint density at radius 3 is 2.77 bits per heavy atom. The van der Waals surface area contributed by atoms with E-state index in [0.29, 0.717) is 23.5 Å². The maximum Gasteiger partial charge on any atom is 0.352 e. The van der Waals surface area contributed by atoms with Crippen LogP contribution in [-0.4, -0.2) is 56.5 Å². The molecule has 9 heteroatoms. The van der Waals surface area contributed by atoms with Crippen LogP contribution in [0.2, 0.25) is 0 Å². The predicted octanol–water partition coefficient (Wildman–Crippen LogP) is -0.950. The number of nitrogens with two attached hydrogens (primary N) is 1. The van der Waals surface area contributed by atoms with Gasteiger partial charge in [0.05, 0.1) is 18.1 Å². The van der Waals surface area contributed by atoms with Gasteiger partial charge in [-0.3, -0.25) is 15.0 Å². The molecule has 0 radical (unpaired) electrons. The fraction of sp³-hybridized carbons (Fsp3) is 0.615. The summed E-state index contributed by atoms with van der Waals surface area (Å²) >= 11 is 1.42. The number of carbonyl (C=O) groups excluding carboxylic acids is 2. The monoisotopic (exact) mass is 329 g/mol. The summed E-state index contributed by atoms with van der Waals surface area (Å²) in [7, 11) is 0. The van der Waals surface area contributed by atoms with E-state index in [-0.39, 0.29) is 30.0 Å². The molecule has 0 aromatic carbocycles. The normalized spacial score (nSPS) is 24.9. The largest absolute Gasteiger partial charge is 0.477 e. The summed E-state index contributed by atoms with van der Waals surface area (Å²) in [6, 6.07) is -0.262. The number of carboxylic acids is 1. The summed E-state index contributed by atoms with van der Waals surface area (Å²) in [6.07, 6.45) is -0.0813. The molecule has 0 bridgehead atoms. The van der Waals surface area contributed by atoms with Crippen molar-refractivity contribution >= 4 is 29.5 Å². The zero-order valence-corrected chi connectivity index (χ0v) is 12.9. The minimum absolute atomic E-state index is 0.0303. The summed E-state index contributed by atoms with van der Waals surface area (Å²) in [5.41, 5.74) is 2.73. The van der Waals surface area contributed by atoms with Crippen molar-refractivity contribution in [2.75, 3.05) is 11.5 Å². The molecule has 5 N–H and O–H groups in total. The number of aliphatic carboxylic acids is 1. The van der Waals surface area contributed by atoms with Crippen LogP contribution in [0.25, 0.3) is 0 Å². The van der Waals surface area contributed by atoms with Crippen molar-refractivity contribution in [3.05, 3.63) is 11.3 Å². The van der Waals surface area contributed by atoms with Gasteiger partial charge in [-0.1, -0.05) is 0 Å². The number of carbonyl (C=O) groups is 3. The fourth-order valence-corrected chi connectivity index (χ4v) is 3.90. The second-order valence-corrected chi connectivity index (χ2v) is 6.48. The van der Waals surface area contributed by atoms with Crippen molar-refractivity contribution < 1.29 is 24.6 Å². The molecule has 1 saturated heterocycles. The first-order valence-electron chi connectivity index (χ1n) is 6.92. The molecule has 0 spiro atoms. The third-order valence-corrected chi connectivity index (χ3v) is 4.98. The van der Waals surface area contributed by atoms with Crippen molar-refractivity contribution in [3.8, 4) is 0 Å². The molecule has 0 aromatic rings. The third-order valence-electron chi connectivity index (χ3n) is 3.93. The third kappa shape index (κ3) is 2.96. The van der Waals surface area contributed by atoms with E-state index in [1.807, 2.05) is 5.43 Å². The topological polar surface area (TPSA) is 133 Å². The Labute approximate surface area is 131 Å². The number of hydrogen-bond donors (Lipinski definition) is 4. The van der Waals surface area contributed by atoms with E-state index >= 15 is 0 Å². The molecular formula is C13H19N3O5S. The average molecular weight is 329 g/mol. The Bertz CT molecular complexity index is 534. The van der Waals surface area contributed by atoms with Crippen molar-refractivity contribution in [3.63, 3.8) is 0 Å². The number of nitrogens with zero attached hydrogens (tertiary/aromatic N) is 1. The molecule has 8 nitrogen and oxygen atoms in total. The SMILES string of the molecule is CC(O)C1C(=O)N2C(C(=O)O)=C(CSCCC(=O)NN)CC12. The zero-order valence-electron chi connectivity index (χ0n) is 12.1. The molecule has 2 aliphatic rings. The number of β-lactam (4-membered cyclic amide) rings is 1. The van der Waals surface area contributed by atoms with E-state index in [4.69, 9.17) is 5.84 Å². The highest BCUT2D eigenvalue weighted by molar-refractivity contribution is 7.99. The van der Waals surface area contributed by atoms with Gasteiger partial charge in [0, 0.05) is 17.9 Å². The number of amides is 2. The Morgan fingerprint density at radius 1 is 1.55 bits per heavy atom. The minimum Gasteiger partial charge on any atom is -0.477 e. The summed E-state index contributed by atoms with van der Waals surface area (Å²) in [6.45, 7) is 1.54. The summed E-state index contributed by atoms with van der Waals surface area (Å²) in [5, 5.41) is 19.0. The highest BCUT2D eigenvalue weighted by atomic mass is 32.2. The van der Waals surface area contributed by atoms with Crippen LogP contribution in [0.3, 0.4) is 0 Å². The van der Waals surface area contributed by atoms with Gasteiger partial charge in [-0.2, -0.15) is 11.8 Å². The van der Waals surface area contributed by atoms with E-state index in [9.17, 15) is 24.6 Å². The Balaban J connectivity index is 2.00. The van der Waals surface area contributed by atoms with Gasteiger partial charge in [0.2, 0.25) is 11.8 Å². The molecule has 0 aromatic heterocycles. The Hall–Kier alpha value is -1.58. The second-order valence-electron chi connectivity index (χ2n) is 5.37. The molecule has 0 saturated carbocycles. The first-order chi connectivity index (χ1) is 10.4. The molecule has 2 rings (SSSR count). The van der Waals surface area contributed by atoms with Crippen LogP contribution in [0.4, 0.5) is 0 Å². The van der Waals surface area contributed by atoms with Gasteiger partial charge in [0.1, 0.15) is 5.70 Å². The Morgan fingerprint density at radius 2 is 2.23 bits per heavy atom. The van der Waals surface area contributed by atoms with Crippen molar-refractivity contribution in [2.24, 2.45) is 11.8 Å². The van der Waals surface area contributed by atoms with Crippen LogP contribution in [0.15, 0.2) is 11.3 Å². The van der Waals surface area contributed by atoms with E-state index in [1.54, 1.807) is 6.92 Å². The lowest BCUT2D eigenvalue weighted by atomic mass is 9.83. The molecule has 2 heterocycles. The minimum atomic E-state index is -1.13. The number of aliphatic hydroxyl groups is 1. The number of hydrazine groups is 1. The van der Waals surface area contributed by atoms with Gasteiger partial charge in [-0.15, -0.1) is 0 Å². The van der Waals surface area contributed by atoms with Crippen LogP contribution >= 0.6 is 11.8 Å². The predicted molar refractivity (Wildman–Crippen MR) is 79.4 cm³/mol. The lowest BCUT2D eigenvalue weighted by Crippen LogP contribution is -2.61. The highest BCUT2D eigenvalue weighted by Gasteiger charge is 2.56. The number of fused-ring (bicyclic) bond motifs is 1. The standard InChI is InChI=1S/C13H19N3O5S/c1-6(17)10-8-4-7(5-22-3-2-9(18)15-14)11(13(20)21)16(8)12(10)19/h6,8,10,17H,2-5,14H2,1H3,(H,15,18)(H,20,21). The zero-order chi connectivity index (χ0) is 16.4. The van der Waals surface area contributed by atoms with Gasteiger partial charge in [-0.05, 0) is 18.9 Å². The van der Waals surface area contributed by atoms with Crippen LogP contribution in [0.1, 0.15) is 19.8 Å². The first kappa shape index (κ1) is 16.8. The molecule has 1 fully saturated rings. The summed E-state index contributed by atoms with van der Waals surface area (Å²) < 4.78 is 0. The number of aliphatic hydroxyl groups excluding tert-OH is 1. The molecule has 3 unspecified atom stereocenters. The average Bonchev–Trinajstić information content (AvgIpc) is 2.77. The van der Waals surface area contributed by atoms with E-state index in [2.05, 4.69) is 0 Å². The molecule has 22 heavy (non-hydrogen) atoms. The molecule has 2 amide bonds. The molecule has 3 atom stereocenters. The number of thioether (sulfide) groups is 1. The Kier molecular flexibility index (Phi) is 5.09. The molecule has 0 aliphatic carbocycles. The highest BCUT2D eigenvalue weighted by Crippen LogP contribution is 2.44. The van der Waals surface area contributed by atoms with E-state index in [0.717, 1.165) is 0 Å². The van der Waals surface area contributed by atoms with Gasteiger partial charge in [-0.25, -0.2) is 10.6 Å². The summed E-state index contributed by atoms with van der Waals surface area (Å²) in [4.78, 5) is 35.7. The van der Waals surface area contributed by atoms with E-state index < -0.39 is 18.0 Å². The lowest BCUT2D eigenvalue weighted by Gasteiger charge is -2.44. The second kappa shape index (κ2) is 6.67. The van der Waals surface area contributed by atoms with Crippen LogP contribution in [0.5, 0.6) is 0 Å². The maximum atomic E-state index is 12.0. The number of carboxylic acid groups (broad SMARTS) is 1. The quantitative estimate of drug-likeness (QED) is 0.156. The van der Waals surface area contributed by atoms with Crippen molar-refractivity contribution in [1.29, 1.82) is 0 Å². The van der Waals surface area contributed by atoms with Gasteiger partial charge < -0.3 is 15.1 Å². The number of rotatable bonds is 7. The summed E-state index contributed by atoms with van der Waals surface area (Å²) in [5.74, 6) is 3.66. The van der Waals surface area contributed by atoms with Gasteiger partial charge in [0.25, 0.3) is 0 Å². The fourth-order valence-electron chi connectivity index (χ4n) is 2.92. The maximum absolute atomic E-state index is 12.0. The molecule has 2 aliphatic heterocycles. The van der Waals surface area contributed by atoms with E-state index in [1.165, 1.54) is 16.7 Å². The van der Waals surface area contributed by atoms with Gasteiger partial charge >= 0.3 is 5.97 Å². The van der Waals surface area contributed by atoms with Crippen molar-refractivity contribution in [2.45, 2.75) is 31.9 Å². The molecular weight excluding hydrogens is 310 g/mol. The smallest absolute Gasteiger partial charge is 0.352 e. The van der Waals surface area contributed by atoms with Crippen LogP contribution in [-0.2, 0) is 14.4 Å². The van der Waals surface area contributed by atoms with Crippen LogP contribution < -0.4 is 11.3 Å². The van der Waals surface area contributed by atoms with Gasteiger partial charge in [0.15, 0.2) is 0 Å². The van der Waals surface area contributed by atoms with Crippen molar-refractivity contribution in [1.82, 2.24) is 10.3 Å². The molecule has 122 valence electrons. The number of hydrogen-bond acceptors (Lipinski definition) is 6. The number of nitrogens with one attached hydrogen (secondary N) is 1. The lowest BCUT2D eigenvalue weighted by molar-refractivity contribution is -0.161. The first-order valence-corrected chi connectivity index (χ1v) is 8.07. The van der Waals surface area contributed by atoms with Crippen LogP contribution in [0, 0.1) is 5.92 Å².